The number of ether oxygens (including phenoxy) is 1. The lowest BCUT2D eigenvalue weighted by atomic mass is 10.1. The molecule has 1 aromatic heterocycles. The molecule has 0 unspecified atom stereocenters. The van der Waals surface area contributed by atoms with Crippen molar-refractivity contribution in [3.63, 3.8) is 0 Å². The maximum absolute atomic E-state index is 11.7. The summed E-state index contributed by atoms with van der Waals surface area (Å²) in [6.45, 7) is 1.85. The second-order valence-electron chi connectivity index (χ2n) is 4.85. The molecule has 120 valence electrons. The summed E-state index contributed by atoms with van der Waals surface area (Å²) in [6.07, 6.45) is 3.44. The molecule has 0 aliphatic rings. The number of rotatable bonds is 6. The number of benzene rings is 1. The van der Waals surface area contributed by atoms with E-state index in [2.05, 4.69) is 15.3 Å². The van der Waals surface area contributed by atoms with Crippen LogP contribution in [-0.2, 0) is 16.0 Å². The Morgan fingerprint density at radius 3 is 2.57 bits per heavy atom. The second kappa shape index (κ2) is 8.24. The lowest BCUT2D eigenvalue weighted by molar-refractivity contribution is -0.124. The van der Waals surface area contributed by atoms with Crippen molar-refractivity contribution in [2.24, 2.45) is 0 Å². The summed E-state index contributed by atoms with van der Waals surface area (Å²) >= 11 is 5.80. The van der Waals surface area contributed by atoms with Crippen LogP contribution in [0.15, 0.2) is 36.7 Å². The lowest BCUT2D eigenvalue weighted by Gasteiger charge is -2.06. The van der Waals surface area contributed by atoms with Crippen LogP contribution in [-0.4, -0.2) is 35.0 Å². The fourth-order valence-electron chi connectivity index (χ4n) is 1.75. The van der Waals surface area contributed by atoms with Gasteiger partial charge in [-0.25, -0.2) is 9.78 Å². The van der Waals surface area contributed by atoms with Crippen LogP contribution in [0.3, 0.4) is 0 Å². The summed E-state index contributed by atoms with van der Waals surface area (Å²) in [5, 5.41) is 3.35. The molecule has 0 saturated carbocycles. The van der Waals surface area contributed by atoms with E-state index in [0.29, 0.717) is 23.7 Å². The summed E-state index contributed by atoms with van der Waals surface area (Å²) < 4.78 is 4.88. The van der Waals surface area contributed by atoms with Crippen LogP contribution in [0.1, 0.15) is 21.7 Å². The van der Waals surface area contributed by atoms with Gasteiger partial charge in [-0.1, -0.05) is 23.7 Å². The van der Waals surface area contributed by atoms with E-state index in [1.54, 1.807) is 19.1 Å². The van der Waals surface area contributed by atoms with Crippen molar-refractivity contribution in [1.82, 2.24) is 15.3 Å². The fourth-order valence-corrected chi connectivity index (χ4v) is 1.88. The summed E-state index contributed by atoms with van der Waals surface area (Å²) in [7, 11) is 0. The quantitative estimate of drug-likeness (QED) is 0.817. The molecule has 1 amide bonds. The van der Waals surface area contributed by atoms with E-state index in [1.165, 1.54) is 12.4 Å². The molecule has 0 spiro atoms. The zero-order valence-corrected chi connectivity index (χ0v) is 13.3. The predicted molar refractivity (Wildman–Crippen MR) is 85.2 cm³/mol. The van der Waals surface area contributed by atoms with E-state index in [-0.39, 0.29) is 18.2 Å². The SMILES string of the molecule is Cc1cnc(C(=O)OCC(=O)NCCc2ccc(Cl)cc2)cn1. The molecule has 2 aromatic rings. The van der Waals surface area contributed by atoms with E-state index in [1.807, 2.05) is 12.1 Å². The van der Waals surface area contributed by atoms with Crippen LogP contribution in [0, 0.1) is 6.92 Å². The van der Waals surface area contributed by atoms with Gasteiger partial charge in [0.1, 0.15) is 0 Å². The number of carbonyl (C=O) groups excluding carboxylic acids is 2. The molecular formula is C16H16ClN3O3. The highest BCUT2D eigenvalue weighted by Gasteiger charge is 2.11. The first-order valence-electron chi connectivity index (χ1n) is 7.01. The van der Waals surface area contributed by atoms with Gasteiger partial charge in [-0.3, -0.25) is 9.78 Å². The summed E-state index contributed by atoms with van der Waals surface area (Å²) in [5.41, 5.74) is 1.83. The zero-order chi connectivity index (χ0) is 16.7. The minimum Gasteiger partial charge on any atom is -0.451 e. The number of aromatic nitrogens is 2. The molecule has 7 heteroatoms. The highest BCUT2D eigenvalue weighted by molar-refractivity contribution is 6.30. The van der Waals surface area contributed by atoms with E-state index in [0.717, 1.165) is 5.56 Å². The summed E-state index contributed by atoms with van der Waals surface area (Å²) in [6, 6.07) is 7.38. The van der Waals surface area contributed by atoms with Crippen LogP contribution in [0.5, 0.6) is 0 Å². The minimum atomic E-state index is -0.676. The third kappa shape index (κ3) is 5.67. The van der Waals surface area contributed by atoms with Gasteiger partial charge in [0, 0.05) is 17.8 Å². The molecule has 1 N–H and O–H groups in total. The molecule has 1 heterocycles. The van der Waals surface area contributed by atoms with Gasteiger partial charge in [-0.05, 0) is 31.0 Å². The summed E-state index contributed by atoms with van der Waals surface area (Å²) in [5.74, 6) is -1.04. The standard InChI is InChI=1S/C16H16ClN3O3/c1-11-8-20-14(9-19-11)16(22)23-10-15(21)18-7-6-12-2-4-13(17)5-3-12/h2-5,8-9H,6-7,10H2,1H3,(H,18,21). The van der Waals surface area contributed by atoms with Crippen LogP contribution in [0.2, 0.25) is 5.02 Å². The molecule has 0 atom stereocenters. The van der Waals surface area contributed by atoms with Gasteiger partial charge in [-0.2, -0.15) is 0 Å². The molecular weight excluding hydrogens is 318 g/mol. The highest BCUT2D eigenvalue weighted by Crippen LogP contribution is 2.09. The topological polar surface area (TPSA) is 81.2 Å². The number of nitrogens with zero attached hydrogens (tertiary/aromatic N) is 2. The molecule has 0 saturated heterocycles. The van der Waals surface area contributed by atoms with Crippen molar-refractivity contribution in [1.29, 1.82) is 0 Å². The number of hydrogen-bond acceptors (Lipinski definition) is 5. The van der Waals surface area contributed by atoms with E-state index >= 15 is 0 Å². The number of nitrogens with one attached hydrogen (secondary N) is 1. The average molecular weight is 334 g/mol. The van der Waals surface area contributed by atoms with Gasteiger partial charge < -0.3 is 10.1 Å². The van der Waals surface area contributed by atoms with Crippen LogP contribution in [0.4, 0.5) is 0 Å². The first-order valence-corrected chi connectivity index (χ1v) is 7.39. The maximum Gasteiger partial charge on any atom is 0.359 e. The Labute approximate surface area is 138 Å². The van der Waals surface area contributed by atoms with Crippen molar-refractivity contribution in [3.05, 3.63) is 58.6 Å². The maximum atomic E-state index is 11.7. The number of carbonyl (C=O) groups is 2. The minimum absolute atomic E-state index is 0.0737. The van der Waals surface area contributed by atoms with Gasteiger partial charge in [0.05, 0.1) is 11.9 Å². The van der Waals surface area contributed by atoms with Crippen LogP contribution < -0.4 is 5.32 Å². The average Bonchev–Trinajstić information content (AvgIpc) is 2.55. The number of amides is 1. The molecule has 0 radical (unpaired) electrons. The Balaban J connectivity index is 1.69. The highest BCUT2D eigenvalue weighted by atomic mass is 35.5. The van der Waals surface area contributed by atoms with Gasteiger partial charge in [0.25, 0.3) is 5.91 Å². The number of esters is 1. The summed E-state index contributed by atoms with van der Waals surface area (Å²) in [4.78, 5) is 31.1. The van der Waals surface area contributed by atoms with Gasteiger partial charge in [0.2, 0.25) is 0 Å². The van der Waals surface area contributed by atoms with E-state index < -0.39 is 5.97 Å². The van der Waals surface area contributed by atoms with Crippen molar-refractivity contribution < 1.29 is 14.3 Å². The van der Waals surface area contributed by atoms with Crippen molar-refractivity contribution in [3.8, 4) is 0 Å². The number of aryl methyl sites for hydroxylation is 1. The molecule has 6 nitrogen and oxygen atoms in total. The monoisotopic (exact) mass is 333 g/mol. The van der Waals surface area contributed by atoms with E-state index in [4.69, 9.17) is 16.3 Å². The third-order valence-corrected chi connectivity index (χ3v) is 3.23. The Morgan fingerprint density at radius 1 is 1.17 bits per heavy atom. The Morgan fingerprint density at radius 2 is 1.91 bits per heavy atom. The Kier molecular flexibility index (Phi) is 6.05. The molecule has 1 aromatic carbocycles. The van der Waals surface area contributed by atoms with Crippen LogP contribution in [0.25, 0.3) is 0 Å². The zero-order valence-electron chi connectivity index (χ0n) is 12.6. The van der Waals surface area contributed by atoms with Gasteiger partial charge in [0.15, 0.2) is 12.3 Å². The molecule has 0 aliphatic carbocycles. The predicted octanol–water partition coefficient (Wildman–Crippen LogP) is 1.95. The molecule has 0 aliphatic heterocycles. The Hall–Kier alpha value is -2.47. The fraction of sp³-hybridized carbons (Fsp3) is 0.250. The third-order valence-electron chi connectivity index (χ3n) is 2.97. The lowest BCUT2D eigenvalue weighted by Crippen LogP contribution is -2.30. The normalized spacial score (nSPS) is 10.2. The molecule has 2 rings (SSSR count). The van der Waals surface area contributed by atoms with Gasteiger partial charge in [-0.15, -0.1) is 0 Å². The van der Waals surface area contributed by atoms with Crippen molar-refractivity contribution >= 4 is 23.5 Å². The Bertz CT molecular complexity index is 672. The first kappa shape index (κ1) is 16.9. The largest absolute Gasteiger partial charge is 0.451 e. The van der Waals surface area contributed by atoms with E-state index in [9.17, 15) is 9.59 Å². The molecule has 0 fully saturated rings. The van der Waals surface area contributed by atoms with Gasteiger partial charge >= 0.3 is 5.97 Å². The first-order chi connectivity index (χ1) is 11.0. The number of halogens is 1. The van der Waals surface area contributed by atoms with Crippen LogP contribution >= 0.6 is 11.6 Å². The molecule has 23 heavy (non-hydrogen) atoms. The number of hydrogen-bond donors (Lipinski definition) is 1. The smallest absolute Gasteiger partial charge is 0.359 e. The second-order valence-corrected chi connectivity index (χ2v) is 5.28. The van der Waals surface area contributed by atoms with Crippen molar-refractivity contribution in [2.45, 2.75) is 13.3 Å². The van der Waals surface area contributed by atoms with Crippen molar-refractivity contribution in [2.75, 3.05) is 13.2 Å². The molecule has 0 bridgehead atoms.